The second kappa shape index (κ2) is 7.84. The van der Waals surface area contributed by atoms with Crippen molar-refractivity contribution in [1.29, 1.82) is 0 Å². The molecule has 0 aliphatic heterocycles. The van der Waals surface area contributed by atoms with Crippen LogP contribution in [0.3, 0.4) is 0 Å². The van der Waals surface area contributed by atoms with Crippen LogP contribution in [0.1, 0.15) is 12.5 Å². The van der Waals surface area contributed by atoms with E-state index in [0.717, 1.165) is 23.0 Å². The van der Waals surface area contributed by atoms with E-state index in [1.807, 2.05) is 36.5 Å². The van der Waals surface area contributed by atoms with Gasteiger partial charge in [0.2, 0.25) is 11.0 Å². The second-order valence-electron chi connectivity index (χ2n) is 4.96. The molecule has 0 spiro atoms. The smallest absolute Gasteiger partial charge is 0.346 e. The fraction of sp³-hybridized carbons (Fsp3) is 0.357. The van der Waals surface area contributed by atoms with Crippen molar-refractivity contribution in [2.75, 3.05) is 11.9 Å². The maximum atomic E-state index is 12.1. The van der Waals surface area contributed by atoms with Crippen molar-refractivity contribution in [2.24, 2.45) is 0 Å². The summed E-state index contributed by atoms with van der Waals surface area (Å²) in [6.07, 6.45) is -4.42. The molecule has 0 aliphatic carbocycles. The number of carbonyl (C=O) groups is 1. The molecule has 1 aromatic carbocycles. The van der Waals surface area contributed by atoms with Crippen molar-refractivity contribution in [2.45, 2.75) is 29.6 Å². The molecule has 2 rings (SSSR count). The van der Waals surface area contributed by atoms with E-state index in [4.69, 9.17) is 0 Å². The minimum absolute atomic E-state index is 0.500. The molecule has 0 radical (unpaired) electrons. The first-order chi connectivity index (χ1) is 11.2. The monoisotopic (exact) mass is 376 g/mol. The number of carbonyl (C=O) groups excluding carboxylic acids is 1. The van der Waals surface area contributed by atoms with Crippen LogP contribution in [-0.2, 0) is 4.79 Å². The first-order valence-corrected chi connectivity index (χ1v) is 8.61. The topological polar surface area (TPSA) is 66.9 Å². The van der Waals surface area contributed by atoms with Gasteiger partial charge in [-0.2, -0.15) is 13.2 Å². The van der Waals surface area contributed by atoms with E-state index >= 15 is 0 Å². The number of amides is 1. The second-order valence-corrected chi connectivity index (χ2v) is 7.53. The maximum Gasteiger partial charge on any atom is 0.405 e. The molecule has 5 nitrogen and oxygen atoms in total. The highest BCUT2D eigenvalue weighted by atomic mass is 32.2. The van der Waals surface area contributed by atoms with E-state index in [2.05, 4.69) is 15.5 Å². The summed E-state index contributed by atoms with van der Waals surface area (Å²) in [5.41, 5.74) is 1.95. The normalized spacial score (nSPS) is 12.7. The van der Waals surface area contributed by atoms with Crippen LogP contribution in [-0.4, -0.2) is 34.1 Å². The SMILES string of the molecule is Cc1cccc(Nc2nnc(SC(C)C(=O)NCC(F)(F)F)s2)c1. The average Bonchev–Trinajstić information content (AvgIpc) is 2.91. The van der Waals surface area contributed by atoms with Crippen LogP contribution < -0.4 is 10.6 Å². The van der Waals surface area contributed by atoms with Crippen molar-refractivity contribution in [3.8, 4) is 0 Å². The number of rotatable bonds is 6. The number of nitrogens with zero attached hydrogens (tertiary/aromatic N) is 2. The lowest BCUT2D eigenvalue weighted by Crippen LogP contribution is -2.37. The van der Waals surface area contributed by atoms with Gasteiger partial charge in [-0.1, -0.05) is 35.2 Å². The lowest BCUT2D eigenvalue weighted by atomic mass is 10.2. The Hall–Kier alpha value is -1.81. The standard InChI is InChI=1S/C14H15F3N4OS2/c1-8-4-3-5-10(6-8)19-12-20-21-13(24-12)23-9(2)11(22)18-7-14(15,16)17/h3-6,9H,7H2,1-2H3,(H,18,22)(H,19,20). The van der Waals surface area contributed by atoms with Crippen LogP contribution in [0.25, 0.3) is 0 Å². The van der Waals surface area contributed by atoms with Gasteiger partial charge in [0.15, 0.2) is 4.34 Å². The molecule has 2 N–H and O–H groups in total. The highest BCUT2D eigenvalue weighted by molar-refractivity contribution is 8.02. The summed E-state index contributed by atoms with van der Waals surface area (Å²) in [7, 11) is 0. The quantitative estimate of drug-likeness (QED) is 0.752. The number of halogens is 3. The van der Waals surface area contributed by atoms with E-state index in [0.29, 0.717) is 9.47 Å². The Morgan fingerprint density at radius 2 is 2.12 bits per heavy atom. The van der Waals surface area contributed by atoms with Crippen molar-refractivity contribution in [3.63, 3.8) is 0 Å². The van der Waals surface area contributed by atoms with Gasteiger partial charge in [0.1, 0.15) is 6.54 Å². The molecule has 0 saturated carbocycles. The number of aryl methyl sites for hydroxylation is 1. The van der Waals surface area contributed by atoms with Gasteiger partial charge >= 0.3 is 6.18 Å². The summed E-state index contributed by atoms with van der Waals surface area (Å²) in [5, 5.41) is 12.7. The van der Waals surface area contributed by atoms with Crippen molar-refractivity contribution in [1.82, 2.24) is 15.5 Å². The van der Waals surface area contributed by atoms with Crippen LogP contribution in [0.15, 0.2) is 28.6 Å². The van der Waals surface area contributed by atoms with Crippen molar-refractivity contribution >= 4 is 39.8 Å². The van der Waals surface area contributed by atoms with Gasteiger partial charge in [-0.3, -0.25) is 4.79 Å². The summed E-state index contributed by atoms with van der Waals surface area (Å²) < 4.78 is 36.8. The molecule has 0 aliphatic rings. The van der Waals surface area contributed by atoms with Gasteiger partial charge in [-0.15, -0.1) is 10.2 Å². The number of nitrogens with one attached hydrogen (secondary N) is 2. The molecule has 24 heavy (non-hydrogen) atoms. The summed E-state index contributed by atoms with van der Waals surface area (Å²) in [6.45, 7) is 2.15. The van der Waals surface area contributed by atoms with Crippen LogP contribution in [0, 0.1) is 6.92 Å². The first-order valence-electron chi connectivity index (χ1n) is 6.91. The predicted octanol–water partition coefficient (Wildman–Crippen LogP) is 3.75. The Balaban J connectivity index is 1.90. The Morgan fingerprint density at radius 1 is 1.38 bits per heavy atom. The molecule has 1 aromatic heterocycles. The number of alkyl halides is 3. The predicted molar refractivity (Wildman–Crippen MR) is 88.8 cm³/mol. The number of thioether (sulfide) groups is 1. The molecular formula is C14H15F3N4OS2. The highest BCUT2D eigenvalue weighted by Crippen LogP contribution is 2.30. The Bertz CT molecular complexity index is 705. The zero-order valence-electron chi connectivity index (χ0n) is 12.8. The molecule has 1 heterocycles. The zero-order chi connectivity index (χ0) is 17.7. The molecule has 1 unspecified atom stereocenters. The van der Waals surface area contributed by atoms with E-state index in [9.17, 15) is 18.0 Å². The zero-order valence-corrected chi connectivity index (χ0v) is 14.5. The van der Waals surface area contributed by atoms with Gasteiger partial charge in [0.05, 0.1) is 5.25 Å². The summed E-state index contributed by atoms with van der Waals surface area (Å²) in [4.78, 5) is 11.6. The van der Waals surface area contributed by atoms with Crippen LogP contribution in [0.2, 0.25) is 0 Å². The number of benzene rings is 1. The largest absolute Gasteiger partial charge is 0.405 e. The fourth-order valence-electron chi connectivity index (χ4n) is 1.69. The minimum Gasteiger partial charge on any atom is -0.346 e. The van der Waals surface area contributed by atoms with Crippen molar-refractivity contribution in [3.05, 3.63) is 29.8 Å². The van der Waals surface area contributed by atoms with Crippen LogP contribution in [0.5, 0.6) is 0 Å². The lowest BCUT2D eigenvalue weighted by Gasteiger charge is -2.11. The van der Waals surface area contributed by atoms with Gasteiger partial charge in [0, 0.05) is 5.69 Å². The number of hydrogen-bond donors (Lipinski definition) is 2. The molecule has 2 aromatic rings. The van der Waals surface area contributed by atoms with Crippen LogP contribution in [0.4, 0.5) is 24.0 Å². The molecule has 0 saturated heterocycles. The highest BCUT2D eigenvalue weighted by Gasteiger charge is 2.29. The molecule has 0 fully saturated rings. The Kier molecular flexibility index (Phi) is 6.05. The first kappa shape index (κ1) is 18.5. The van der Waals surface area contributed by atoms with Gasteiger partial charge < -0.3 is 10.6 Å². The van der Waals surface area contributed by atoms with E-state index in [1.54, 1.807) is 0 Å². The lowest BCUT2D eigenvalue weighted by molar-refractivity contribution is -0.137. The molecular weight excluding hydrogens is 361 g/mol. The third-order valence-corrected chi connectivity index (χ3v) is 4.81. The van der Waals surface area contributed by atoms with Gasteiger partial charge in [-0.05, 0) is 31.5 Å². The number of hydrogen-bond acceptors (Lipinski definition) is 6. The molecule has 10 heteroatoms. The van der Waals surface area contributed by atoms with Crippen LogP contribution >= 0.6 is 23.1 Å². The Morgan fingerprint density at radius 3 is 2.79 bits per heavy atom. The summed E-state index contributed by atoms with van der Waals surface area (Å²) >= 11 is 2.29. The molecule has 1 atom stereocenters. The molecule has 1 amide bonds. The molecule has 0 bridgehead atoms. The third kappa shape index (κ3) is 6.00. The summed E-state index contributed by atoms with van der Waals surface area (Å²) in [6, 6.07) is 7.70. The van der Waals surface area contributed by atoms with E-state index in [1.165, 1.54) is 18.3 Å². The number of anilines is 2. The van der Waals surface area contributed by atoms with Gasteiger partial charge in [-0.25, -0.2) is 0 Å². The summed E-state index contributed by atoms with van der Waals surface area (Å²) in [5.74, 6) is -0.694. The number of aromatic nitrogens is 2. The Labute approximate surface area is 145 Å². The van der Waals surface area contributed by atoms with E-state index in [-0.39, 0.29) is 0 Å². The maximum absolute atomic E-state index is 12.1. The van der Waals surface area contributed by atoms with E-state index < -0.39 is 23.9 Å². The fourth-order valence-corrected chi connectivity index (χ4v) is 3.63. The molecule has 130 valence electrons. The third-order valence-electron chi connectivity index (χ3n) is 2.79. The van der Waals surface area contributed by atoms with Crippen molar-refractivity contribution < 1.29 is 18.0 Å². The minimum atomic E-state index is -4.42. The average molecular weight is 376 g/mol. The van der Waals surface area contributed by atoms with Gasteiger partial charge in [0.25, 0.3) is 0 Å².